The highest BCUT2D eigenvalue weighted by molar-refractivity contribution is 7.92. The Kier molecular flexibility index (Phi) is 4.34. The molecule has 100 valence electrons. The second kappa shape index (κ2) is 5.39. The van der Waals surface area contributed by atoms with Crippen molar-refractivity contribution in [2.24, 2.45) is 0 Å². The quantitative estimate of drug-likeness (QED) is 0.894. The Morgan fingerprint density at radius 1 is 1.33 bits per heavy atom. The maximum Gasteiger partial charge on any atom is 0.251 e. The van der Waals surface area contributed by atoms with Crippen molar-refractivity contribution in [3.05, 3.63) is 29.8 Å². The van der Waals surface area contributed by atoms with Crippen LogP contribution in [0, 0.1) is 0 Å². The molecule has 0 radical (unpaired) electrons. The molecule has 0 atom stereocenters. The van der Waals surface area contributed by atoms with Gasteiger partial charge in [0.1, 0.15) is 0 Å². The first-order valence-electron chi connectivity index (χ1n) is 5.56. The summed E-state index contributed by atoms with van der Waals surface area (Å²) in [5, 5.41) is 2.76. The minimum absolute atomic E-state index is 0.0359. The molecule has 0 aromatic heterocycles. The van der Waals surface area contributed by atoms with Gasteiger partial charge >= 0.3 is 0 Å². The zero-order valence-electron chi connectivity index (χ0n) is 11.0. The summed E-state index contributed by atoms with van der Waals surface area (Å²) >= 11 is 0. The Labute approximate surface area is 108 Å². The summed E-state index contributed by atoms with van der Waals surface area (Å²) < 4.78 is 24.0. The second-order valence-corrected chi connectivity index (χ2v) is 6.42. The molecule has 0 bridgehead atoms. The van der Waals surface area contributed by atoms with E-state index in [0.717, 1.165) is 10.6 Å². The van der Waals surface area contributed by atoms with Gasteiger partial charge in [0.25, 0.3) is 5.91 Å². The van der Waals surface area contributed by atoms with Crippen molar-refractivity contribution in [3.8, 4) is 0 Å². The Bertz CT molecular complexity index is 538. The number of hydrogen-bond acceptors (Lipinski definition) is 3. The lowest BCUT2D eigenvalue weighted by atomic mass is 10.2. The number of sulfonamides is 1. The van der Waals surface area contributed by atoms with Gasteiger partial charge in [-0.05, 0) is 32.0 Å². The summed E-state index contributed by atoms with van der Waals surface area (Å²) in [6.45, 7) is 3.73. The fraction of sp³-hybridized carbons (Fsp3) is 0.417. The number of anilines is 1. The van der Waals surface area contributed by atoms with Crippen LogP contribution in [0.25, 0.3) is 0 Å². The Hall–Kier alpha value is -1.56. The van der Waals surface area contributed by atoms with E-state index in [0.29, 0.717) is 11.3 Å². The smallest absolute Gasteiger partial charge is 0.251 e. The average Bonchev–Trinajstić information content (AvgIpc) is 2.26. The molecule has 6 heteroatoms. The van der Waals surface area contributed by atoms with Gasteiger partial charge in [-0.3, -0.25) is 9.10 Å². The minimum atomic E-state index is -3.32. The predicted octanol–water partition coefficient (Wildman–Crippen LogP) is 1.22. The first kappa shape index (κ1) is 14.5. The van der Waals surface area contributed by atoms with E-state index in [9.17, 15) is 13.2 Å². The Morgan fingerprint density at radius 2 is 1.94 bits per heavy atom. The topological polar surface area (TPSA) is 66.5 Å². The summed E-state index contributed by atoms with van der Waals surface area (Å²) in [6.07, 6.45) is 1.12. The van der Waals surface area contributed by atoms with E-state index in [1.54, 1.807) is 24.3 Å². The van der Waals surface area contributed by atoms with E-state index in [-0.39, 0.29) is 11.9 Å². The van der Waals surface area contributed by atoms with Gasteiger partial charge in [0.15, 0.2) is 0 Å². The Morgan fingerprint density at radius 3 is 2.44 bits per heavy atom. The molecular weight excluding hydrogens is 252 g/mol. The van der Waals surface area contributed by atoms with Crippen LogP contribution < -0.4 is 9.62 Å². The van der Waals surface area contributed by atoms with Gasteiger partial charge in [-0.15, -0.1) is 0 Å². The summed E-state index contributed by atoms with van der Waals surface area (Å²) in [7, 11) is -1.87. The van der Waals surface area contributed by atoms with Gasteiger partial charge < -0.3 is 5.32 Å². The predicted molar refractivity (Wildman–Crippen MR) is 72.3 cm³/mol. The summed E-state index contributed by atoms with van der Waals surface area (Å²) in [6, 6.07) is 6.55. The molecular formula is C12H18N2O3S. The number of hydrogen-bond donors (Lipinski definition) is 1. The van der Waals surface area contributed by atoms with Crippen LogP contribution in [0.2, 0.25) is 0 Å². The molecule has 0 unspecified atom stereocenters. The lowest BCUT2D eigenvalue weighted by Gasteiger charge is -2.17. The molecule has 0 aliphatic carbocycles. The van der Waals surface area contributed by atoms with E-state index in [2.05, 4.69) is 5.32 Å². The molecule has 1 rings (SSSR count). The summed E-state index contributed by atoms with van der Waals surface area (Å²) in [5.74, 6) is -0.214. The van der Waals surface area contributed by atoms with E-state index >= 15 is 0 Å². The van der Waals surface area contributed by atoms with Gasteiger partial charge in [0.2, 0.25) is 10.0 Å². The highest BCUT2D eigenvalue weighted by Crippen LogP contribution is 2.17. The molecule has 18 heavy (non-hydrogen) atoms. The number of carbonyl (C=O) groups excluding carboxylic acids is 1. The molecule has 1 aromatic rings. The molecule has 5 nitrogen and oxygen atoms in total. The number of nitrogens with zero attached hydrogens (tertiary/aromatic N) is 1. The van der Waals surface area contributed by atoms with Gasteiger partial charge in [-0.2, -0.15) is 0 Å². The summed E-state index contributed by atoms with van der Waals surface area (Å²) in [4.78, 5) is 11.8. The molecule has 1 N–H and O–H groups in total. The highest BCUT2D eigenvalue weighted by Gasteiger charge is 2.14. The zero-order chi connectivity index (χ0) is 13.9. The lowest BCUT2D eigenvalue weighted by Crippen LogP contribution is -2.30. The number of rotatable bonds is 4. The molecule has 0 spiro atoms. The van der Waals surface area contributed by atoms with Gasteiger partial charge in [0.05, 0.1) is 11.9 Å². The van der Waals surface area contributed by atoms with Gasteiger partial charge in [-0.1, -0.05) is 6.07 Å². The maximum absolute atomic E-state index is 11.8. The van der Waals surface area contributed by atoms with E-state index in [4.69, 9.17) is 0 Å². The van der Waals surface area contributed by atoms with Crippen LogP contribution >= 0.6 is 0 Å². The molecule has 1 amide bonds. The number of carbonyl (C=O) groups is 1. The van der Waals surface area contributed by atoms with E-state index in [1.807, 2.05) is 13.8 Å². The van der Waals surface area contributed by atoms with Crippen molar-refractivity contribution in [1.82, 2.24) is 5.32 Å². The first-order valence-corrected chi connectivity index (χ1v) is 7.41. The fourth-order valence-corrected chi connectivity index (χ4v) is 1.88. The van der Waals surface area contributed by atoms with Gasteiger partial charge in [-0.25, -0.2) is 8.42 Å². The average molecular weight is 270 g/mol. The van der Waals surface area contributed by atoms with Crippen LogP contribution in [0.5, 0.6) is 0 Å². The SMILES string of the molecule is CC(C)NC(=O)c1cccc(N(C)S(C)(=O)=O)c1. The van der Waals surface area contributed by atoms with E-state index in [1.165, 1.54) is 7.05 Å². The van der Waals surface area contributed by atoms with E-state index < -0.39 is 10.0 Å². The molecule has 0 aliphatic heterocycles. The van der Waals surface area contributed by atoms with Gasteiger partial charge in [0, 0.05) is 18.7 Å². The molecule has 1 aromatic carbocycles. The fourth-order valence-electron chi connectivity index (χ4n) is 1.38. The minimum Gasteiger partial charge on any atom is -0.350 e. The third kappa shape index (κ3) is 3.73. The molecule has 0 fully saturated rings. The second-order valence-electron chi connectivity index (χ2n) is 4.41. The molecule has 0 saturated heterocycles. The largest absolute Gasteiger partial charge is 0.350 e. The molecule has 0 saturated carbocycles. The van der Waals surface area contributed by atoms with Crippen molar-refractivity contribution >= 4 is 21.6 Å². The monoisotopic (exact) mass is 270 g/mol. The van der Waals surface area contributed by atoms with Crippen molar-refractivity contribution in [2.75, 3.05) is 17.6 Å². The zero-order valence-corrected chi connectivity index (χ0v) is 11.8. The lowest BCUT2D eigenvalue weighted by molar-refractivity contribution is 0.0943. The van der Waals surface area contributed by atoms with Crippen LogP contribution in [0.1, 0.15) is 24.2 Å². The van der Waals surface area contributed by atoms with Crippen molar-refractivity contribution in [3.63, 3.8) is 0 Å². The normalized spacial score (nSPS) is 11.4. The van der Waals surface area contributed by atoms with Crippen LogP contribution in [0.3, 0.4) is 0 Å². The first-order chi connectivity index (χ1) is 8.21. The molecule has 0 aliphatic rings. The number of amides is 1. The van der Waals surface area contributed by atoms with Crippen LogP contribution in [-0.2, 0) is 10.0 Å². The third-order valence-corrected chi connectivity index (χ3v) is 3.59. The third-order valence-electron chi connectivity index (χ3n) is 2.39. The summed E-state index contributed by atoms with van der Waals surface area (Å²) in [5.41, 5.74) is 0.908. The maximum atomic E-state index is 11.8. The molecule has 0 heterocycles. The van der Waals surface area contributed by atoms with Crippen LogP contribution in [0.15, 0.2) is 24.3 Å². The number of nitrogens with one attached hydrogen (secondary N) is 1. The van der Waals surface area contributed by atoms with Crippen molar-refractivity contribution in [2.45, 2.75) is 19.9 Å². The van der Waals surface area contributed by atoms with Crippen LogP contribution in [-0.4, -0.2) is 33.7 Å². The Balaban J connectivity index is 3.03. The highest BCUT2D eigenvalue weighted by atomic mass is 32.2. The van der Waals surface area contributed by atoms with Crippen molar-refractivity contribution in [1.29, 1.82) is 0 Å². The number of benzene rings is 1. The van der Waals surface area contributed by atoms with Crippen LogP contribution in [0.4, 0.5) is 5.69 Å². The van der Waals surface area contributed by atoms with Crippen molar-refractivity contribution < 1.29 is 13.2 Å². The standard InChI is InChI=1S/C12H18N2O3S/c1-9(2)13-12(15)10-6-5-7-11(8-10)14(3)18(4,16)17/h5-9H,1-4H3,(H,13,15).